The van der Waals surface area contributed by atoms with E-state index >= 15 is 0 Å². The van der Waals surface area contributed by atoms with Gasteiger partial charge >= 0.3 is 6.18 Å². The monoisotopic (exact) mass is 482 g/mol. The third-order valence-electron chi connectivity index (χ3n) is 4.04. The predicted molar refractivity (Wildman–Crippen MR) is 119 cm³/mol. The van der Waals surface area contributed by atoms with Gasteiger partial charge < -0.3 is 20.1 Å². The second kappa shape index (κ2) is 10.0. The molecule has 3 rings (SSSR count). The molecule has 0 radical (unpaired) electrons. The molecule has 0 atom stereocenters. The van der Waals surface area contributed by atoms with E-state index in [2.05, 4.69) is 10.6 Å². The molecule has 2 amide bonds. The molecule has 1 aliphatic rings. The average molecular weight is 483 g/mol. The highest BCUT2D eigenvalue weighted by atomic mass is 32.2. The first-order valence-electron chi connectivity index (χ1n) is 9.27. The predicted octanol–water partition coefficient (Wildman–Crippen LogP) is 4.61. The molecule has 0 aromatic heterocycles. The molecule has 1 fully saturated rings. The molecule has 2 aromatic carbocycles. The number of carbonyl (C=O) groups is 2. The third-order valence-corrected chi connectivity index (χ3v) is 5.20. The first-order valence-corrected chi connectivity index (χ1v) is 10.5. The fraction of sp³-hybridized carbons (Fsp3) is 0.190. The van der Waals surface area contributed by atoms with Crippen LogP contribution in [0.4, 0.5) is 18.9 Å². The molecule has 1 aliphatic heterocycles. The summed E-state index contributed by atoms with van der Waals surface area (Å²) < 4.78 is 49.8. The van der Waals surface area contributed by atoms with Crippen molar-refractivity contribution in [1.29, 1.82) is 0 Å². The van der Waals surface area contributed by atoms with Gasteiger partial charge in [-0.1, -0.05) is 36.1 Å². The van der Waals surface area contributed by atoms with Gasteiger partial charge in [0.15, 0.2) is 18.1 Å². The van der Waals surface area contributed by atoms with Gasteiger partial charge in [-0.3, -0.25) is 9.59 Å². The highest BCUT2D eigenvalue weighted by Crippen LogP contribution is 2.32. The van der Waals surface area contributed by atoms with Gasteiger partial charge in [-0.05, 0) is 48.9 Å². The maximum absolute atomic E-state index is 12.8. The van der Waals surface area contributed by atoms with Gasteiger partial charge in [0, 0.05) is 5.69 Å². The van der Waals surface area contributed by atoms with E-state index in [-0.39, 0.29) is 17.3 Å². The number of alkyl halides is 3. The van der Waals surface area contributed by atoms with Crippen molar-refractivity contribution in [3.05, 3.63) is 58.5 Å². The maximum atomic E-state index is 12.8. The van der Waals surface area contributed by atoms with Crippen LogP contribution in [0.25, 0.3) is 6.08 Å². The van der Waals surface area contributed by atoms with Crippen LogP contribution in [0.2, 0.25) is 0 Å². The van der Waals surface area contributed by atoms with Crippen molar-refractivity contribution >= 4 is 51.9 Å². The molecule has 2 N–H and O–H groups in total. The molecule has 0 bridgehead atoms. The van der Waals surface area contributed by atoms with Gasteiger partial charge in [0.1, 0.15) is 4.32 Å². The SMILES string of the molecule is CCOc1cc(C=C2SC(=S)NC2=O)ccc1OCC(=O)Nc1cccc(C(F)(F)F)c1. The van der Waals surface area contributed by atoms with Crippen LogP contribution in [0.3, 0.4) is 0 Å². The Balaban J connectivity index is 1.68. The third kappa shape index (κ3) is 6.24. The molecule has 2 aromatic rings. The molecule has 32 heavy (non-hydrogen) atoms. The van der Waals surface area contributed by atoms with E-state index in [1.807, 2.05) is 0 Å². The number of thiocarbonyl (C=S) groups is 1. The summed E-state index contributed by atoms with van der Waals surface area (Å²) in [5, 5.41) is 4.90. The number of thioether (sulfide) groups is 1. The molecule has 0 aliphatic carbocycles. The zero-order valence-electron chi connectivity index (χ0n) is 16.6. The number of nitrogens with one attached hydrogen (secondary N) is 2. The number of halogens is 3. The Kier molecular flexibility index (Phi) is 7.41. The van der Waals surface area contributed by atoms with Gasteiger partial charge in [0.25, 0.3) is 11.8 Å². The van der Waals surface area contributed by atoms with E-state index in [1.165, 1.54) is 12.1 Å². The fourth-order valence-electron chi connectivity index (χ4n) is 2.69. The van der Waals surface area contributed by atoms with Crippen molar-refractivity contribution in [3.8, 4) is 11.5 Å². The molecule has 168 valence electrons. The highest BCUT2D eigenvalue weighted by Gasteiger charge is 2.30. The molecule has 1 heterocycles. The first kappa shape index (κ1) is 23.6. The minimum atomic E-state index is -4.51. The molecular formula is C21H17F3N2O4S2. The van der Waals surface area contributed by atoms with Crippen molar-refractivity contribution in [3.63, 3.8) is 0 Å². The van der Waals surface area contributed by atoms with Crippen LogP contribution in [-0.4, -0.2) is 29.3 Å². The van der Waals surface area contributed by atoms with Crippen molar-refractivity contribution in [2.45, 2.75) is 13.1 Å². The molecule has 0 saturated carbocycles. The number of ether oxygens (including phenoxy) is 2. The van der Waals surface area contributed by atoms with Crippen molar-refractivity contribution < 1.29 is 32.2 Å². The Bertz CT molecular complexity index is 1090. The normalized spacial score (nSPS) is 14.9. The smallest absolute Gasteiger partial charge is 0.416 e. The second-order valence-electron chi connectivity index (χ2n) is 6.41. The number of hydrogen-bond acceptors (Lipinski definition) is 6. The Morgan fingerprint density at radius 3 is 2.62 bits per heavy atom. The van der Waals surface area contributed by atoms with Crippen LogP contribution in [-0.2, 0) is 15.8 Å². The van der Waals surface area contributed by atoms with Gasteiger partial charge in [-0.25, -0.2) is 0 Å². The first-order chi connectivity index (χ1) is 15.2. The summed E-state index contributed by atoms with van der Waals surface area (Å²) in [5.74, 6) is -0.304. The highest BCUT2D eigenvalue weighted by molar-refractivity contribution is 8.26. The number of anilines is 1. The van der Waals surface area contributed by atoms with E-state index in [1.54, 1.807) is 31.2 Å². The van der Waals surface area contributed by atoms with Crippen LogP contribution in [0, 0.1) is 0 Å². The number of amides is 2. The van der Waals surface area contributed by atoms with Gasteiger partial charge in [0.2, 0.25) is 0 Å². The zero-order chi connectivity index (χ0) is 23.3. The fourth-order valence-corrected chi connectivity index (χ4v) is 3.73. The van der Waals surface area contributed by atoms with Crippen molar-refractivity contribution in [2.75, 3.05) is 18.5 Å². The summed E-state index contributed by atoms with van der Waals surface area (Å²) in [5.41, 5.74) is -0.198. The molecule has 1 saturated heterocycles. The van der Waals surface area contributed by atoms with Crippen LogP contribution in [0.5, 0.6) is 11.5 Å². The lowest BCUT2D eigenvalue weighted by atomic mass is 10.2. The lowest BCUT2D eigenvalue weighted by Crippen LogP contribution is -2.20. The number of hydrogen-bond donors (Lipinski definition) is 2. The van der Waals surface area contributed by atoms with E-state index in [4.69, 9.17) is 21.7 Å². The Labute approximate surface area is 191 Å². The Morgan fingerprint density at radius 1 is 1.19 bits per heavy atom. The number of benzene rings is 2. The van der Waals surface area contributed by atoms with Crippen LogP contribution in [0.15, 0.2) is 47.4 Å². The van der Waals surface area contributed by atoms with Crippen LogP contribution in [0.1, 0.15) is 18.1 Å². The molecular weight excluding hydrogens is 465 g/mol. The lowest BCUT2D eigenvalue weighted by Gasteiger charge is -2.13. The summed E-state index contributed by atoms with van der Waals surface area (Å²) in [6, 6.07) is 9.20. The van der Waals surface area contributed by atoms with Crippen LogP contribution >= 0.6 is 24.0 Å². The largest absolute Gasteiger partial charge is 0.490 e. The lowest BCUT2D eigenvalue weighted by molar-refractivity contribution is -0.137. The minimum absolute atomic E-state index is 0.00526. The van der Waals surface area contributed by atoms with Gasteiger partial charge in [0.05, 0.1) is 17.1 Å². The van der Waals surface area contributed by atoms with Gasteiger partial charge in [-0.2, -0.15) is 13.2 Å². The Hall–Kier alpha value is -3.05. The quantitative estimate of drug-likeness (QED) is 0.444. The molecule has 6 nitrogen and oxygen atoms in total. The van der Waals surface area contributed by atoms with Crippen molar-refractivity contribution in [2.24, 2.45) is 0 Å². The standard InChI is InChI=1S/C21H17F3N2O4S2/c1-2-29-16-8-12(9-17-19(28)26-20(31)32-17)6-7-15(16)30-11-18(27)25-14-5-3-4-13(10-14)21(22,23)24/h3-10H,2,11H2,1H3,(H,25,27)(H,26,28,31). The van der Waals surface area contributed by atoms with E-state index < -0.39 is 24.3 Å². The van der Waals surface area contributed by atoms with Crippen molar-refractivity contribution in [1.82, 2.24) is 5.32 Å². The maximum Gasteiger partial charge on any atom is 0.416 e. The number of rotatable bonds is 7. The minimum Gasteiger partial charge on any atom is -0.490 e. The summed E-state index contributed by atoms with van der Waals surface area (Å²) in [6.45, 7) is 1.66. The van der Waals surface area contributed by atoms with E-state index in [9.17, 15) is 22.8 Å². The van der Waals surface area contributed by atoms with E-state index in [0.717, 1.165) is 23.9 Å². The zero-order valence-corrected chi connectivity index (χ0v) is 18.2. The second-order valence-corrected chi connectivity index (χ2v) is 8.13. The topological polar surface area (TPSA) is 76.7 Å². The molecule has 0 spiro atoms. The molecule has 0 unspecified atom stereocenters. The van der Waals surface area contributed by atoms with Crippen LogP contribution < -0.4 is 20.1 Å². The molecule has 11 heteroatoms. The van der Waals surface area contributed by atoms with E-state index in [0.29, 0.717) is 27.1 Å². The summed E-state index contributed by atoms with van der Waals surface area (Å²) in [7, 11) is 0. The number of carbonyl (C=O) groups excluding carboxylic acids is 2. The Morgan fingerprint density at radius 2 is 1.97 bits per heavy atom. The average Bonchev–Trinajstić information content (AvgIpc) is 3.04. The summed E-state index contributed by atoms with van der Waals surface area (Å²) in [4.78, 5) is 24.4. The summed E-state index contributed by atoms with van der Waals surface area (Å²) >= 11 is 6.11. The summed E-state index contributed by atoms with van der Waals surface area (Å²) in [6.07, 6.45) is -2.87. The van der Waals surface area contributed by atoms with Gasteiger partial charge in [-0.15, -0.1) is 0 Å².